The van der Waals surface area contributed by atoms with E-state index in [1.807, 2.05) is 6.07 Å². The van der Waals surface area contributed by atoms with Crippen LogP contribution in [-0.2, 0) is 6.42 Å². The van der Waals surface area contributed by atoms with Gasteiger partial charge in [-0.25, -0.2) is 0 Å². The number of benzene rings is 1. The highest BCUT2D eigenvalue weighted by Gasteiger charge is 2.01. The number of aliphatic hydroxyl groups is 1. The Balaban J connectivity index is 2.06. The molecule has 1 unspecified atom stereocenters. The predicted octanol–water partition coefficient (Wildman–Crippen LogP) is 3.93. The Kier molecular flexibility index (Phi) is 7.24. The van der Waals surface area contributed by atoms with Gasteiger partial charge in [0.15, 0.2) is 0 Å². The van der Waals surface area contributed by atoms with Crippen LogP contribution in [0.25, 0.3) is 0 Å². The van der Waals surface area contributed by atoms with Crippen molar-refractivity contribution in [3.05, 3.63) is 54.5 Å². The molecule has 92 valence electrons. The minimum absolute atomic E-state index is 0.168. The molecule has 0 heterocycles. The number of unbranched alkanes of at least 4 members (excludes halogenated alkanes) is 1. The van der Waals surface area contributed by atoms with Crippen molar-refractivity contribution in [2.75, 3.05) is 0 Å². The molecule has 1 atom stereocenters. The molecule has 1 heteroatoms. The number of hydrogen-bond donors (Lipinski definition) is 1. The van der Waals surface area contributed by atoms with E-state index in [1.165, 1.54) is 5.56 Å². The van der Waals surface area contributed by atoms with Gasteiger partial charge < -0.3 is 5.11 Å². The van der Waals surface area contributed by atoms with E-state index in [-0.39, 0.29) is 6.10 Å². The molecule has 0 aliphatic heterocycles. The van der Waals surface area contributed by atoms with E-state index in [0.29, 0.717) is 0 Å². The number of aryl methyl sites for hydroxylation is 1. The maximum Gasteiger partial charge on any atom is 0.0894 e. The van der Waals surface area contributed by atoms with Crippen molar-refractivity contribution in [2.45, 2.75) is 45.1 Å². The molecular formula is C16H23O+. The van der Waals surface area contributed by atoms with E-state index in [9.17, 15) is 5.11 Å². The fraction of sp³-hybridized carbons (Fsp3) is 0.438. The van der Waals surface area contributed by atoms with E-state index in [0.717, 1.165) is 32.1 Å². The Hall–Kier alpha value is -1.21. The summed E-state index contributed by atoms with van der Waals surface area (Å²) < 4.78 is 0. The van der Waals surface area contributed by atoms with Gasteiger partial charge in [0.05, 0.1) is 18.6 Å². The Labute approximate surface area is 105 Å². The van der Waals surface area contributed by atoms with E-state index >= 15 is 0 Å². The summed E-state index contributed by atoms with van der Waals surface area (Å²) in [6.45, 7) is 2.10. The Morgan fingerprint density at radius 3 is 2.76 bits per heavy atom. The highest BCUT2D eigenvalue weighted by atomic mass is 16.3. The molecule has 0 aliphatic carbocycles. The normalized spacial score (nSPS) is 12.8. The largest absolute Gasteiger partial charge is 0.391 e. The van der Waals surface area contributed by atoms with Crippen LogP contribution in [-0.4, -0.2) is 11.2 Å². The summed E-state index contributed by atoms with van der Waals surface area (Å²) in [6.07, 6.45) is 11.0. The second-order valence-corrected chi connectivity index (χ2v) is 4.37. The average Bonchev–Trinajstić information content (AvgIpc) is 2.35. The lowest BCUT2D eigenvalue weighted by molar-refractivity contribution is 0.167. The number of allylic oxidation sites excluding steroid dienone is 1. The second kappa shape index (κ2) is 8.89. The third-order valence-corrected chi connectivity index (χ3v) is 2.74. The number of aliphatic hydroxyl groups excluding tert-OH is 1. The van der Waals surface area contributed by atoms with Gasteiger partial charge in [-0.05, 0) is 18.4 Å². The van der Waals surface area contributed by atoms with Crippen LogP contribution in [0.2, 0.25) is 0 Å². The van der Waals surface area contributed by atoms with E-state index < -0.39 is 0 Å². The maximum absolute atomic E-state index is 9.52. The van der Waals surface area contributed by atoms with Gasteiger partial charge in [-0.2, -0.15) is 0 Å². The van der Waals surface area contributed by atoms with Crippen molar-refractivity contribution in [3.8, 4) is 0 Å². The zero-order chi connectivity index (χ0) is 12.3. The molecule has 0 fully saturated rings. The second-order valence-electron chi connectivity index (χ2n) is 4.37. The smallest absolute Gasteiger partial charge is 0.0894 e. The fourth-order valence-corrected chi connectivity index (χ4v) is 1.77. The Morgan fingerprint density at radius 1 is 1.29 bits per heavy atom. The first-order chi connectivity index (χ1) is 8.33. The number of hydrogen-bond acceptors (Lipinski definition) is 1. The fourth-order valence-electron chi connectivity index (χ4n) is 1.77. The van der Waals surface area contributed by atoms with Gasteiger partial charge >= 0.3 is 0 Å². The molecule has 0 bridgehead atoms. The Bertz CT molecular complexity index is 303. The molecule has 0 amide bonds. The molecule has 0 saturated carbocycles. The summed E-state index contributed by atoms with van der Waals surface area (Å²) >= 11 is 0. The van der Waals surface area contributed by atoms with Gasteiger partial charge in [0.1, 0.15) is 0 Å². The van der Waals surface area contributed by atoms with Crippen molar-refractivity contribution < 1.29 is 5.11 Å². The molecule has 0 saturated heterocycles. The number of rotatable bonds is 8. The molecule has 17 heavy (non-hydrogen) atoms. The monoisotopic (exact) mass is 231 g/mol. The van der Waals surface area contributed by atoms with Gasteiger partial charge in [-0.15, -0.1) is 0 Å². The van der Waals surface area contributed by atoms with E-state index in [2.05, 4.69) is 49.8 Å². The highest BCUT2D eigenvalue weighted by Crippen LogP contribution is 2.06. The van der Waals surface area contributed by atoms with Gasteiger partial charge in [-0.3, -0.25) is 0 Å². The minimum Gasteiger partial charge on any atom is -0.391 e. The topological polar surface area (TPSA) is 20.2 Å². The molecular weight excluding hydrogens is 208 g/mol. The summed E-state index contributed by atoms with van der Waals surface area (Å²) in [5, 5.41) is 9.52. The first-order valence-corrected chi connectivity index (χ1v) is 6.53. The van der Waals surface area contributed by atoms with Crippen molar-refractivity contribution in [1.29, 1.82) is 0 Å². The average molecular weight is 231 g/mol. The van der Waals surface area contributed by atoms with Crippen LogP contribution < -0.4 is 0 Å². The zero-order valence-corrected chi connectivity index (χ0v) is 10.7. The van der Waals surface area contributed by atoms with Crippen LogP contribution in [0.1, 0.15) is 38.2 Å². The zero-order valence-electron chi connectivity index (χ0n) is 10.7. The Morgan fingerprint density at radius 2 is 2.06 bits per heavy atom. The summed E-state index contributed by atoms with van der Waals surface area (Å²) in [7, 11) is 0. The molecule has 1 nitrogen and oxygen atoms in total. The van der Waals surface area contributed by atoms with Crippen LogP contribution >= 0.6 is 0 Å². The molecule has 0 aromatic heterocycles. The summed E-state index contributed by atoms with van der Waals surface area (Å²) in [6, 6.07) is 10.5. The lowest BCUT2D eigenvalue weighted by Gasteiger charge is -2.01. The van der Waals surface area contributed by atoms with Gasteiger partial charge in [0.2, 0.25) is 0 Å². The molecule has 1 N–H and O–H groups in total. The SMILES string of the molecule is CCCC(O)C/C=C\[CH+]CCc1ccccc1. The lowest BCUT2D eigenvalue weighted by Crippen LogP contribution is -2.03. The summed E-state index contributed by atoms with van der Waals surface area (Å²) in [5.41, 5.74) is 1.38. The van der Waals surface area contributed by atoms with Crippen molar-refractivity contribution >= 4 is 0 Å². The third-order valence-electron chi connectivity index (χ3n) is 2.74. The quantitative estimate of drug-likeness (QED) is 0.531. The standard InChI is InChI=1S/C16H23O/c1-2-10-16(17)14-9-4-3-6-11-15-12-7-5-8-13-15/h3-5,7-9,12-13,16-17H,2,6,10-11,14H2,1H3/q+1/b9-4-. The predicted molar refractivity (Wildman–Crippen MR) is 73.7 cm³/mol. The van der Waals surface area contributed by atoms with Crippen LogP contribution in [0.15, 0.2) is 42.5 Å². The van der Waals surface area contributed by atoms with Crippen LogP contribution in [0.3, 0.4) is 0 Å². The van der Waals surface area contributed by atoms with Crippen LogP contribution in [0.5, 0.6) is 0 Å². The van der Waals surface area contributed by atoms with Crippen LogP contribution in [0.4, 0.5) is 0 Å². The van der Waals surface area contributed by atoms with Crippen LogP contribution in [0, 0.1) is 6.42 Å². The minimum atomic E-state index is -0.168. The molecule has 0 spiro atoms. The molecule has 1 rings (SSSR count). The van der Waals surface area contributed by atoms with Gasteiger partial charge in [0.25, 0.3) is 0 Å². The van der Waals surface area contributed by atoms with Crippen molar-refractivity contribution in [1.82, 2.24) is 0 Å². The molecule has 1 aromatic carbocycles. The van der Waals surface area contributed by atoms with Gasteiger partial charge in [-0.1, -0.05) is 43.7 Å². The third kappa shape index (κ3) is 6.85. The first kappa shape index (κ1) is 13.9. The van der Waals surface area contributed by atoms with E-state index in [4.69, 9.17) is 0 Å². The van der Waals surface area contributed by atoms with E-state index in [1.54, 1.807) is 0 Å². The molecule has 0 radical (unpaired) electrons. The molecule has 0 aliphatic rings. The van der Waals surface area contributed by atoms with Crippen molar-refractivity contribution in [2.24, 2.45) is 0 Å². The summed E-state index contributed by atoms with van der Waals surface area (Å²) in [4.78, 5) is 0. The lowest BCUT2D eigenvalue weighted by atomic mass is 10.1. The first-order valence-electron chi connectivity index (χ1n) is 6.53. The van der Waals surface area contributed by atoms with Crippen molar-refractivity contribution in [3.63, 3.8) is 0 Å². The summed E-state index contributed by atoms with van der Waals surface area (Å²) in [5.74, 6) is 0. The highest BCUT2D eigenvalue weighted by molar-refractivity contribution is 5.15. The maximum atomic E-state index is 9.52. The van der Waals surface area contributed by atoms with Gasteiger partial charge in [0, 0.05) is 18.9 Å². The molecule has 1 aromatic rings.